The summed E-state index contributed by atoms with van der Waals surface area (Å²) in [6, 6.07) is 15.7. The molecule has 126 valence electrons. The topological polar surface area (TPSA) is 41.1 Å². The van der Waals surface area contributed by atoms with Gasteiger partial charge in [0.05, 0.1) is 10.7 Å². The molecular formula is C19H16Cl2N4. The molecular weight excluding hydrogens is 355 g/mol. The molecule has 0 bridgehead atoms. The highest BCUT2D eigenvalue weighted by Gasteiger charge is 2.21. The molecule has 0 amide bonds. The van der Waals surface area contributed by atoms with Gasteiger partial charge in [-0.15, -0.1) is 0 Å². The van der Waals surface area contributed by atoms with Crippen LogP contribution in [0.4, 0.5) is 23.1 Å². The third-order valence-electron chi connectivity index (χ3n) is 4.18. The summed E-state index contributed by atoms with van der Waals surface area (Å²) in [5.74, 6) is 1.38. The fourth-order valence-electron chi connectivity index (χ4n) is 3.04. The lowest BCUT2D eigenvalue weighted by atomic mass is 10.2. The minimum atomic E-state index is 0.503. The van der Waals surface area contributed by atoms with Gasteiger partial charge < -0.3 is 10.2 Å². The van der Waals surface area contributed by atoms with Gasteiger partial charge in [-0.3, -0.25) is 0 Å². The van der Waals surface area contributed by atoms with Gasteiger partial charge in [0.15, 0.2) is 0 Å². The lowest BCUT2D eigenvalue weighted by Crippen LogP contribution is -2.16. The standard InChI is InChI=1S/C19H16Cl2N4/c1-12-10-18(25-9-8-13-4-2-3-5-17(13)25)24-19(22-12)23-16-11-14(20)6-7-15(16)21/h2-7,10-11H,8-9H2,1H3,(H,22,23,24). The molecule has 1 aliphatic rings. The van der Waals surface area contributed by atoms with Crippen molar-refractivity contribution in [2.75, 3.05) is 16.8 Å². The van der Waals surface area contributed by atoms with Crippen LogP contribution in [0.5, 0.6) is 0 Å². The number of nitrogens with one attached hydrogen (secondary N) is 1. The van der Waals surface area contributed by atoms with Crippen molar-refractivity contribution in [2.45, 2.75) is 13.3 Å². The lowest BCUT2D eigenvalue weighted by molar-refractivity contribution is 0.959. The summed E-state index contributed by atoms with van der Waals surface area (Å²) in [4.78, 5) is 11.4. The highest BCUT2D eigenvalue weighted by Crippen LogP contribution is 2.34. The van der Waals surface area contributed by atoms with Crippen LogP contribution < -0.4 is 10.2 Å². The first-order valence-electron chi connectivity index (χ1n) is 8.03. The summed E-state index contributed by atoms with van der Waals surface area (Å²) in [5.41, 5.74) is 4.11. The number of hydrogen-bond acceptors (Lipinski definition) is 4. The predicted octanol–water partition coefficient (Wildman–Crippen LogP) is 5.53. The Hall–Kier alpha value is -2.30. The minimum Gasteiger partial charge on any atom is -0.326 e. The van der Waals surface area contributed by atoms with Crippen LogP contribution in [0.3, 0.4) is 0 Å². The molecule has 6 heteroatoms. The van der Waals surface area contributed by atoms with Crippen molar-refractivity contribution in [3.8, 4) is 0 Å². The molecule has 2 aromatic carbocycles. The van der Waals surface area contributed by atoms with Gasteiger partial charge in [0.2, 0.25) is 5.95 Å². The first kappa shape index (κ1) is 16.2. The summed E-state index contributed by atoms with van der Waals surface area (Å²) in [7, 11) is 0. The van der Waals surface area contributed by atoms with Crippen LogP contribution in [-0.2, 0) is 6.42 Å². The maximum Gasteiger partial charge on any atom is 0.229 e. The van der Waals surface area contributed by atoms with E-state index in [0.29, 0.717) is 21.7 Å². The Labute approximate surface area is 156 Å². The monoisotopic (exact) mass is 370 g/mol. The first-order chi connectivity index (χ1) is 12.1. The van der Waals surface area contributed by atoms with E-state index in [1.165, 1.54) is 11.3 Å². The van der Waals surface area contributed by atoms with Crippen LogP contribution in [0.2, 0.25) is 10.0 Å². The zero-order valence-corrected chi connectivity index (χ0v) is 15.1. The summed E-state index contributed by atoms with van der Waals surface area (Å²) >= 11 is 12.3. The lowest BCUT2D eigenvalue weighted by Gasteiger charge is -2.19. The van der Waals surface area contributed by atoms with Gasteiger partial charge in [0.1, 0.15) is 5.82 Å². The molecule has 0 atom stereocenters. The van der Waals surface area contributed by atoms with Gasteiger partial charge in [0, 0.05) is 29.0 Å². The number of aromatic nitrogens is 2. The molecule has 1 N–H and O–H groups in total. The second-order valence-corrected chi connectivity index (χ2v) is 6.81. The van der Waals surface area contributed by atoms with Crippen LogP contribution in [0.1, 0.15) is 11.3 Å². The van der Waals surface area contributed by atoms with Crippen LogP contribution in [-0.4, -0.2) is 16.5 Å². The van der Waals surface area contributed by atoms with Gasteiger partial charge in [0.25, 0.3) is 0 Å². The molecule has 0 fully saturated rings. The molecule has 3 aromatic rings. The maximum atomic E-state index is 6.23. The SMILES string of the molecule is Cc1cc(N2CCc3ccccc32)nc(Nc2cc(Cl)ccc2Cl)n1. The predicted molar refractivity (Wildman–Crippen MR) is 104 cm³/mol. The molecule has 0 saturated heterocycles. The van der Waals surface area contributed by atoms with Crippen molar-refractivity contribution < 1.29 is 0 Å². The van der Waals surface area contributed by atoms with Crippen molar-refractivity contribution in [3.63, 3.8) is 0 Å². The molecule has 1 aromatic heterocycles. The molecule has 0 radical (unpaired) electrons. The average Bonchev–Trinajstić information content (AvgIpc) is 3.02. The number of fused-ring (bicyclic) bond motifs is 1. The van der Waals surface area contributed by atoms with E-state index in [1.54, 1.807) is 18.2 Å². The van der Waals surface area contributed by atoms with E-state index < -0.39 is 0 Å². The van der Waals surface area contributed by atoms with Crippen molar-refractivity contribution in [3.05, 3.63) is 69.8 Å². The summed E-state index contributed by atoms with van der Waals surface area (Å²) in [6.45, 7) is 2.87. The van der Waals surface area contributed by atoms with Crippen LogP contribution in [0.25, 0.3) is 0 Å². The summed E-state index contributed by atoms with van der Waals surface area (Å²) < 4.78 is 0. The van der Waals surface area contributed by atoms with Crippen molar-refractivity contribution in [2.24, 2.45) is 0 Å². The van der Waals surface area contributed by atoms with E-state index in [0.717, 1.165) is 24.5 Å². The Bertz CT molecular complexity index is 942. The Morgan fingerprint density at radius 3 is 2.76 bits per heavy atom. The zero-order chi connectivity index (χ0) is 17.4. The van der Waals surface area contributed by atoms with Crippen molar-refractivity contribution in [1.82, 2.24) is 9.97 Å². The van der Waals surface area contributed by atoms with E-state index in [-0.39, 0.29) is 0 Å². The highest BCUT2D eigenvalue weighted by molar-refractivity contribution is 6.35. The van der Waals surface area contributed by atoms with Crippen LogP contribution >= 0.6 is 23.2 Å². The average molecular weight is 371 g/mol. The number of nitrogens with zero attached hydrogens (tertiary/aromatic N) is 3. The third-order valence-corrected chi connectivity index (χ3v) is 4.74. The smallest absolute Gasteiger partial charge is 0.229 e. The summed E-state index contributed by atoms with van der Waals surface area (Å²) in [5, 5.41) is 4.35. The minimum absolute atomic E-state index is 0.503. The Morgan fingerprint density at radius 2 is 1.88 bits per heavy atom. The van der Waals surface area contributed by atoms with E-state index >= 15 is 0 Å². The number of hydrogen-bond donors (Lipinski definition) is 1. The molecule has 4 rings (SSSR count). The maximum absolute atomic E-state index is 6.23. The van der Waals surface area contributed by atoms with Crippen molar-refractivity contribution >= 4 is 46.3 Å². The van der Waals surface area contributed by atoms with Crippen LogP contribution in [0.15, 0.2) is 48.5 Å². The molecule has 0 aliphatic carbocycles. The number of halogens is 2. The molecule has 2 heterocycles. The molecule has 4 nitrogen and oxygen atoms in total. The fraction of sp³-hybridized carbons (Fsp3) is 0.158. The number of aryl methyl sites for hydroxylation is 1. The van der Waals surface area contributed by atoms with Gasteiger partial charge in [-0.05, 0) is 43.2 Å². The number of rotatable bonds is 3. The third kappa shape index (κ3) is 3.28. The van der Waals surface area contributed by atoms with Crippen molar-refractivity contribution in [1.29, 1.82) is 0 Å². The zero-order valence-electron chi connectivity index (χ0n) is 13.6. The first-order valence-corrected chi connectivity index (χ1v) is 8.79. The quantitative estimate of drug-likeness (QED) is 0.657. The number of benzene rings is 2. The van der Waals surface area contributed by atoms with E-state index in [4.69, 9.17) is 23.2 Å². The number of anilines is 4. The fourth-order valence-corrected chi connectivity index (χ4v) is 3.37. The number of para-hydroxylation sites is 1. The second-order valence-electron chi connectivity index (χ2n) is 5.97. The molecule has 25 heavy (non-hydrogen) atoms. The van der Waals surface area contributed by atoms with Gasteiger partial charge in [-0.2, -0.15) is 4.98 Å². The Kier molecular flexibility index (Phi) is 4.24. The molecule has 0 spiro atoms. The van der Waals surface area contributed by atoms with E-state index in [9.17, 15) is 0 Å². The highest BCUT2D eigenvalue weighted by atomic mass is 35.5. The summed E-state index contributed by atoms with van der Waals surface area (Å²) in [6.07, 6.45) is 1.02. The molecule has 1 aliphatic heterocycles. The van der Waals surface area contributed by atoms with E-state index in [1.807, 2.05) is 13.0 Å². The normalized spacial score (nSPS) is 13.0. The van der Waals surface area contributed by atoms with Gasteiger partial charge >= 0.3 is 0 Å². The molecule has 0 unspecified atom stereocenters. The second kappa shape index (κ2) is 6.54. The molecule has 0 saturated carbocycles. The van der Waals surface area contributed by atoms with Gasteiger partial charge in [-0.1, -0.05) is 41.4 Å². The largest absolute Gasteiger partial charge is 0.326 e. The van der Waals surface area contributed by atoms with Gasteiger partial charge in [-0.25, -0.2) is 4.98 Å². The van der Waals surface area contributed by atoms with Crippen LogP contribution in [0, 0.1) is 6.92 Å². The van der Waals surface area contributed by atoms with E-state index in [2.05, 4.69) is 44.5 Å². The Morgan fingerprint density at radius 1 is 1.04 bits per heavy atom. The Balaban J connectivity index is 1.69.